The van der Waals surface area contributed by atoms with E-state index in [4.69, 9.17) is 8.94 Å². The zero-order valence-electron chi connectivity index (χ0n) is 14.7. The second-order valence-electron chi connectivity index (χ2n) is 6.25. The smallest absolute Gasteiger partial charge is 0.259 e. The number of hydrogen-bond acceptors (Lipinski definition) is 5. The number of furan rings is 1. The van der Waals surface area contributed by atoms with Crippen LogP contribution in [0.5, 0.6) is 0 Å². The zero-order chi connectivity index (χ0) is 18.3. The summed E-state index contributed by atoms with van der Waals surface area (Å²) >= 11 is 0. The minimum Gasteiger partial charge on any atom is -0.463 e. The fourth-order valence-corrected chi connectivity index (χ4v) is 2.88. The first-order valence-electron chi connectivity index (χ1n) is 8.22. The summed E-state index contributed by atoms with van der Waals surface area (Å²) < 4.78 is 10.7. The molecule has 0 radical (unpaired) electrons. The molecule has 0 saturated carbocycles. The Morgan fingerprint density at radius 2 is 1.96 bits per heavy atom. The summed E-state index contributed by atoms with van der Waals surface area (Å²) in [7, 11) is 0. The molecule has 0 aliphatic heterocycles. The summed E-state index contributed by atoms with van der Waals surface area (Å²) in [5.74, 6) is 0.312. The van der Waals surface area contributed by atoms with Crippen molar-refractivity contribution in [2.45, 2.75) is 20.8 Å². The van der Waals surface area contributed by atoms with Crippen LogP contribution in [0.15, 0.2) is 51.6 Å². The number of aromatic nitrogens is 2. The van der Waals surface area contributed by atoms with Crippen molar-refractivity contribution in [1.29, 1.82) is 0 Å². The van der Waals surface area contributed by atoms with E-state index in [1.165, 1.54) is 0 Å². The van der Waals surface area contributed by atoms with Crippen LogP contribution in [0.4, 0.5) is 5.69 Å². The normalized spacial score (nSPS) is 11.0. The average molecular weight is 347 g/mol. The Hall–Kier alpha value is -3.41. The summed E-state index contributed by atoms with van der Waals surface area (Å²) in [6, 6.07) is 11.2. The number of aryl methyl sites for hydroxylation is 3. The number of nitrogens with zero attached hydrogens (tertiary/aromatic N) is 2. The van der Waals surface area contributed by atoms with Gasteiger partial charge in [0.15, 0.2) is 5.76 Å². The molecule has 0 atom stereocenters. The predicted molar refractivity (Wildman–Crippen MR) is 98.1 cm³/mol. The largest absolute Gasteiger partial charge is 0.463 e. The molecule has 4 rings (SSSR count). The van der Waals surface area contributed by atoms with E-state index in [0.29, 0.717) is 33.8 Å². The van der Waals surface area contributed by atoms with E-state index in [0.717, 1.165) is 16.8 Å². The molecule has 1 N–H and O–H groups in total. The lowest BCUT2D eigenvalue weighted by molar-refractivity contribution is 0.102. The van der Waals surface area contributed by atoms with Gasteiger partial charge in [-0.05, 0) is 56.2 Å². The quantitative estimate of drug-likeness (QED) is 0.583. The van der Waals surface area contributed by atoms with E-state index in [1.54, 1.807) is 31.4 Å². The molecule has 0 bridgehead atoms. The Morgan fingerprint density at radius 1 is 1.12 bits per heavy atom. The van der Waals surface area contributed by atoms with Crippen LogP contribution in [0.2, 0.25) is 0 Å². The Kier molecular flexibility index (Phi) is 3.80. The van der Waals surface area contributed by atoms with Gasteiger partial charge >= 0.3 is 0 Å². The number of carbonyl (C=O) groups is 1. The highest BCUT2D eigenvalue weighted by molar-refractivity contribution is 6.13. The van der Waals surface area contributed by atoms with Gasteiger partial charge in [0.1, 0.15) is 5.69 Å². The van der Waals surface area contributed by atoms with Crippen molar-refractivity contribution in [1.82, 2.24) is 10.1 Å². The van der Waals surface area contributed by atoms with Crippen molar-refractivity contribution in [2.75, 3.05) is 5.32 Å². The number of fused-ring (bicyclic) bond motifs is 1. The molecular weight excluding hydrogens is 330 g/mol. The molecule has 3 heterocycles. The Balaban J connectivity index is 1.82. The van der Waals surface area contributed by atoms with Crippen LogP contribution in [-0.2, 0) is 0 Å². The van der Waals surface area contributed by atoms with Crippen LogP contribution < -0.4 is 5.32 Å². The van der Waals surface area contributed by atoms with Gasteiger partial charge in [-0.15, -0.1) is 0 Å². The summed E-state index contributed by atoms with van der Waals surface area (Å²) in [6.07, 6.45) is 1.56. The average Bonchev–Trinajstić information content (AvgIpc) is 3.28. The molecule has 0 spiro atoms. The third-order valence-electron chi connectivity index (χ3n) is 4.28. The third kappa shape index (κ3) is 2.75. The maximum atomic E-state index is 13.0. The number of carbonyl (C=O) groups excluding carboxylic acids is 1. The second kappa shape index (κ2) is 6.15. The van der Waals surface area contributed by atoms with Crippen LogP contribution in [-0.4, -0.2) is 16.0 Å². The van der Waals surface area contributed by atoms with Gasteiger partial charge in [0.05, 0.1) is 22.9 Å². The van der Waals surface area contributed by atoms with Gasteiger partial charge in [-0.2, -0.15) is 0 Å². The first kappa shape index (κ1) is 16.1. The molecule has 0 unspecified atom stereocenters. The Labute approximate surface area is 149 Å². The standard InChI is InChI=1S/C20H17N3O3/c1-11-6-7-12(2)15(9-11)21-19(24)14-10-16(17-5-4-8-25-17)22-20-18(14)13(3)23-26-20/h4-10H,1-3H3,(H,21,24). The third-order valence-corrected chi connectivity index (χ3v) is 4.28. The van der Waals surface area contributed by atoms with Gasteiger partial charge in [0.25, 0.3) is 11.6 Å². The lowest BCUT2D eigenvalue weighted by Gasteiger charge is -2.10. The van der Waals surface area contributed by atoms with E-state index in [1.807, 2.05) is 32.0 Å². The van der Waals surface area contributed by atoms with Crippen LogP contribution in [0.3, 0.4) is 0 Å². The molecule has 0 fully saturated rings. The van der Waals surface area contributed by atoms with Crippen LogP contribution in [0.25, 0.3) is 22.6 Å². The number of benzene rings is 1. The minimum atomic E-state index is -0.245. The molecule has 1 amide bonds. The van der Waals surface area contributed by atoms with Crippen molar-refractivity contribution >= 4 is 22.7 Å². The molecule has 0 aliphatic carbocycles. The lowest BCUT2D eigenvalue weighted by atomic mass is 10.1. The molecule has 130 valence electrons. The maximum absolute atomic E-state index is 13.0. The van der Waals surface area contributed by atoms with E-state index >= 15 is 0 Å². The molecule has 1 aromatic carbocycles. The second-order valence-corrected chi connectivity index (χ2v) is 6.25. The van der Waals surface area contributed by atoms with E-state index in [-0.39, 0.29) is 5.91 Å². The number of anilines is 1. The lowest BCUT2D eigenvalue weighted by Crippen LogP contribution is -2.14. The fourth-order valence-electron chi connectivity index (χ4n) is 2.88. The van der Waals surface area contributed by atoms with Crippen molar-refractivity contribution in [3.8, 4) is 11.5 Å². The van der Waals surface area contributed by atoms with E-state index in [2.05, 4.69) is 15.5 Å². The van der Waals surface area contributed by atoms with Gasteiger partial charge < -0.3 is 14.3 Å². The van der Waals surface area contributed by atoms with E-state index < -0.39 is 0 Å². The summed E-state index contributed by atoms with van der Waals surface area (Å²) in [6.45, 7) is 5.73. The zero-order valence-corrected chi connectivity index (χ0v) is 14.7. The number of nitrogens with one attached hydrogen (secondary N) is 1. The summed E-state index contributed by atoms with van der Waals surface area (Å²) in [5, 5.41) is 7.53. The highest BCUT2D eigenvalue weighted by Gasteiger charge is 2.20. The molecule has 0 saturated heterocycles. The van der Waals surface area contributed by atoms with Crippen LogP contribution in [0.1, 0.15) is 27.2 Å². The van der Waals surface area contributed by atoms with Gasteiger partial charge in [-0.25, -0.2) is 4.98 Å². The summed E-state index contributed by atoms with van der Waals surface area (Å²) in [5.41, 5.74) is 4.72. The number of pyridine rings is 1. The molecule has 26 heavy (non-hydrogen) atoms. The predicted octanol–water partition coefficient (Wildman–Crippen LogP) is 4.66. The van der Waals surface area contributed by atoms with Gasteiger partial charge in [-0.1, -0.05) is 17.3 Å². The first-order valence-corrected chi connectivity index (χ1v) is 8.22. The van der Waals surface area contributed by atoms with Crippen LogP contribution in [0, 0.1) is 20.8 Å². The molecule has 6 nitrogen and oxygen atoms in total. The SMILES string of the molecule is Cc1ccc(C)c(NC(=O)c2cc(-c3ccco3)nc3onc(C)c23)c1. The van der Waals surface area contributed by atoms with Gasteiger partial charge in [0.2, 0.25) is 0 Å². The molecule has 3 aromatic heterocycles. The Morgan fingerprint density at radius 3 is 2.73 bits per heavy atom. The number of hydrogen-bond donors (Lipinski definition) is 1. The summed E-state index contributed by atoms with van der Waals surface area (Å²) in [4.78, 5) is 17.4. The molecule has 0 aliphatic rings. The van der Waals surface area contributed by atoms with Gasteiger partial charge in [0, 0.05) is 5.69 Å². The van der Waals surface area contributed by atoms with Crippen molar-refractivity contribution < 1.29 is 13.7 Å². The topological polar surface area (TPSA) is 81.2 Å². The monoisotopic (exact) mass is 347 g/mol. The number of rotatable bonds is 3. The van der Waals surface area contributed by atoms with Gasteiger partial charge in [-0.3, -0.25) is 4.79 Å². The highest BCUT2D eigenvalue weighted by Crippen LogP contribution is 2.28. The van der Waals surface area contributed by atoms with E-state index in [9.17, 15) is 4.79 Å². The highest BCUT2D eigenvalue weighted by atomic mass is 16.5. The maximum Gasteiger partial charge on any atom is 0.259 e. The molecular formula is C20H17N3O3. The van der Waals surface area contributed by atoms with Crippen molar-refractivity contribution in [3.05, 3.63) is 65.0 Å². The Bertz CT molecular complexity index is 1110. The van der Waals surface area contributed by atoms with Crippen molar-refractivity contribution in [2.24, 2.45) is 0 Å². The fraction of sp³-hybridized carbons (Fsp3) is 0.150. The van der Waals surface area contributed by atoms with Crippen LogP contribution >= 0.6 is 0 Å². The number of amides is 1. The molecule has 6 heteroatoms. The van der Waals surface area contributed by atoms with Crippen molar-refractivity contribution in [3.63, 3.8) is 0 Å². The molecule has 4 aromatic rings. The minimum absolute atomic E-state index is 0.245. The first-order chi connectivity index (χ1) is 12.5.